The number of hydrogen-bond acceptors (Lipinski definition) is 8. The second-order valence-electron chi connectivity index (χ2n) is 13.4. The Morgan fingerprint density at radius 3 is 2.74 bits per heavy atom. The molecule has 2 aliphatic heterocycles. The monoisotopic (exact) mass is 670 g/mol. The van der Waals surface area contributed by atoms with Crippen molar-refractivity contribution in [1.29, 1.82) is 0 Å². The summed E-state index contributed by atoms with van der Waals surface area (Å²) >= 11 is 6.41. The third kappa shape index (κ3) is 6.40. The maximum Gasteiger partial charge on any atom is 0.306 e. The quantitative estimate of drug-likeness (QED) is 0.340. The number of carbonyl (C=O) groups excluding carboxylic acids is 2. The topological polar surface area (TPSA) is 111 Å². The molecule has 4 aliphatic rings. The largest absolute Gasteiger partial charge is 0.490 e. The Morgan fingerprint density at radius 2 is 2.00 bits per heavy atom. The Bertz CT molecular complexity index is 1630. The predicted molar refractivity (Wildman–Crippen MR) is 177 cm³/mol. The third-order valence-corrected chi connectivity index (χ3v) is 12.8. The number of ether oxygens (including phenoxy) is 3. The van der Waals surface area contributed by atoms with Crippen LogP contribution in [0.2, 0.25) is 5.02 Å². The van der Waals surface area contributed by atoms with Gasteiger partial charge in [0.2, 0.25) is 10.0 Å². The highest BCUT2D eigenvalue weighted by atomic mass is 35.5. The second-order valence-corrected chi connectivity index (χ2v) is 15.8. The summed E-state index contributed by atoms with van der Waals surface area (Å²) in [5, 5.41) is -0.442. The molecule has 6 rings (SSSR count). The summed E-state index contributed by atoms with van der Waals surface area (Å²) in [6.07, 6.45) is 8.88. The molecule has 2 aromatic rings. The van der Waals surface area contributed by atoms with Gasteiger partial charge in [-0.25, -0.2) is 13.1 Å². The van der Waals surface area contributed by atoms with Crippen molar-refractivity contribution in [3.05, 3.63) is 70.3 Å². The van der Waals surface area contributed by atoms with Crippen molar-refractivity contribution < 1.29 is 32.2 Å². The minimum Gasteiger partial charge on any atom is -0.490 e. The lowest BCUT2D eigenvalue weighted by atomic mass is 9.68. The number of halogens is 1. The fraction of sp³-hybridized carbons (Fsp3) is 0.543. The number of rotatable bonds is 3. The van der Waals surface area contributed by atoms with Crippen LogP contribution in [0.3, 0.4) is 0 Å². The lowest BCUT2D eigenvalue weighted by Gasteiger charge is -2.46. The van der Waals surface area contributed by atoms with E-state index >= 15 is 0 Å². The van der Waals surface area contributed by atoms with Gasteiger partial charge in [-0.1, -0.05) is 36.7 Å². The minimum atomic E-state index is -4.25. The first kappa shape index (κ1) is 32.8. The average molecular weight is 671 g/mol. The molecule has 0 aromatic heterocycles. The van der Waals surface area contributed by atoms with E-state index in [0.29, 0.717) is 31.2 Å². The van der Waals surface area contributed by atoms with Gasteiger partial charge in [-0.15, -0.1) is 0 Å². The van der Waals surface area contributed by atoms with Gasteiger partial charge in [0.25, 0.3) is 5.91 Å². The highest BCUT2D eigenvalue weighted by molar-refractivity contribution is 7.90. The van der Waals surface area contributed by atoms with Crippen molar-refractivity contribution in [1.82, 2.24) is 4.72 Å². The molecule has 6 atom stereocenters. The van der Waals surface area contributed by atoms with Crippen LogP contribution in [0.1, 0.15) is 66.9 Å². The number of benzene rings is 2. The molecular formula is C35H43ClN2O7S. The Balaban J connectivity index is 1.42. The first-order valence-electron chi connectivity index (χ1n) is 16.2. The molecule has 1 amide bonds. The molecule has 9 nitrogen and oxygen atoms in total. The normalized spacial score (nSPS) is 31.3. The van der Waals surface area contributed by atoms with Crippen molar-refractivity contribution in [3.8, 4) is 5.75 Å². The van der Waals surface area contributed by atoms with Crippen LogP contribution in [-0.2, 0) is 36.1 Å². The van der Waals surface area contributed by atoms with E-state index in [2.05, 4.69) is 21.8 Å². The third-order valence-electron chi connectivity index (χ3n) is 10.6. The lowest BCUT2D eigenvalue weighted by molar-refractivity contribution is -0.140. The van der Waals surface area contributed by atoms with E-state index < -0.39 is 33.1 Å². The van der Waals surface area contributed by atoms with Gasteiger partial charge in [0.1, 0.15) is 5.75 Å². The summed E-state index contributed by atoms with van der Waals surface area (Å²) < 4.78 is 46.9. The molecule has 46 heavy (non-hydrogen) atoms. The number of aryl methyl sites for hydroxylation is 1. The molecule has 2 heterocycles. The number of fused-ring (bicyclic) bond motifs is 4. The van der Waals surface area contributed by atoms with Crippen molar-refractivity contribution in [2.75, 3.05) is 38.8 Å². The number of esters is 1. The number of methoxy groups -OCH3 is 2. The number of hydrogen-bond donors (Lipinski definition) is 1. The van der Waals surface area contributed by atoms with E-state index in [1.165, 1.54) is 18.2 Å². The molecule has 1 saturated carbocycles. The van der Waals surface area contributed by atoms with Crippen LogP contribution < -0.4 is 14.4 Å². The molecule has 11 heteroatoms. The van der Waals surface area contributed by atoms with E-state index in [-0.39, 0.29) is 29.4 Å². The summed E-state index contributed by atoms with van der Waals surface area (Å²) in [7, 11) is -1.32. The van der Waals surface area contributed by atoms with Gasteiger partial charge in [-0.05, 0) is 97.7 Å². The van der Waals surface area contributed by atoms with Gasteiger partial charge in [0, 0.05) is 36.2 Å². The zero-order valence-electron chi connectivity index (χ0n) is 26.7. The number of carbonyl (C=O) groups is 2. The number of sulfonamides is 1. The summed E-state index contributed by atoms with van der Waals surface area (Å²) in [6, 6.07) is 11.3. The Hall–Kier alpha value is -3.08. The number of amides is 1. The van der Waals surface area contributed by atoms with Crippen molar-refractivity contribution in [2.45, 2.75) is 68.6 Å². The van der Waals surface area contributed by atoms with Crippen molar-refractivity contribution >= 4 is 39.2 Å². The SMILES string of the molecule is COC(=O)C[C@H]1[C@H](C)C/C=C/[C@H](OC)[C@@H]2CC[C@H]2CN2C[C@@]3(CCCc4cc(Cl)ccc43)COc3ccc(cc32)C(=O)NS1(=O)=O. The number of anilines is 1. The van der Waals surface area contributed by atoms with Crippen LogP contribution in [0.25, 0.3) is 0 Å². The van der Waals surface area contributed by atoms with Crippen LogP contribution >= 0.6 is 11.6 Å². The first-order valence-corrected chi connectivity index (χ1v) is 18.1. The maximum atomic E-state index is 13.7. The van der Waals surface area contributed by atoms with E-state index in [4.69, 9.17) is 25.8 Å². The van der Waals surface area contributed by atoms with Crippen molar-refractivity contribution in [2.24, 2.45) is 17.8 Å². The van der Waals surface area contributed by atoms with Crippen LogP contribution in [0, 0.1) is 17.8 Å². The van der Waals surface area contributed by atoms with Crippen LogP contribution in [0.15, 0.2) is 48.6 Å². The Labute approximate surface area is 276 Å². The minimum absolute atomic E-state index is 0.130. The maximum absolute atomic E-state index is 13.7. The molecule has 1 spiro atoms. The Morgan fingerprint density at radius 1 is 1.17 bits per heavy atom. The average Bonchev–Trinajstić information content (AvgIpc) is 3.17. The Kier molecular flexibility index (Phi) is 9.43. The zero-order valence-corrected chi connectivity index (χ0v) is 28.2. The predicted octanol–water partition coefficient (Wildman–Crippen LogP) is 5.44. The summed E-state index contributed by atoms with van der Waals surface area (Å²) in [5.74, 6) is -0.574. The number of nitrogens with one attached hydrogen (secondary N) is 1. The van der Waals surface area contributed by atoms with Gasteiger partial charge in [0.15, 0.2) is 0 Å². The van der Waals surface area contributed by atoms with Gasteiger partial charge in [-0.3, -0.25) is 9.59 Å². The highest BCUT2D eigenvalue weighted by Crippen LogP contribution is 2.47. The molecule has 1 fully saturated rings. The van der Waals surface area contributed by atoms with E-state index in [9.17, 15) is 18.0 Å². The standard InChI is InChI=1S/C35H43ClN2O7S/c1-22-6-4-8-30(43-2)27-12-9-25(27)19-38-20-35(15-5-7-23-16-26(36)11-13-28(23)35)21-45-31-14-10-24(17-29(31)38)34(40)37-46(41,42)32(22)18-33(39)44-3/h4,8,10-11,13-14,16-17,22,25,27,30,32H,5-7,9,12,15,18-21H2,1-3H3,(H,37,40)/b8-4+/t22-,25+,27-,30+,32+,35+/m1/s1. The molecule has 1 N–H and O–H groups in total. The molecule has 248 valence electrons. The van der Waals surface area contributed by atoms with Gasteiger partial charge >= 0.3 is 5.97 Å². The van der Waals surface area contributed by atoms with E-state index in [1.54, 1.807) is 32.2 Å². The smallest absolute Gasteiger partial charge is 0.306 e. The first-order chi connectivity index (χ1) is 22.0. The molecule has 2 aliphatic carbocycles. The molecule has 0 radical (unpaired) electrons. The fourth-order valence-corrected chi connectivity index (χ4v) is 9.70. The molecular weight excluding hydrogens is 628 g/mol. The summed E-state index contributed by atoms with van der Waals surface area (Å²) in [5.41, 5.74) is 3.19. The number of nitrogens with zero attached hydrogens (tertiary/aromatic N) is 1. The second kappa shape index (κ2) is 13.2. The molecule has 2 aromatic carbocycles. The van der Waals surface area contributed by atoms with Gasteiger partial charge in [-0.2, -0.15) is 0 Å². The summed E-state index contributed by atoms with van der Waals surface area (Å²) in [6.45, 7) is 3.69. The fourth-order valence-electron chi connectivity index (χ4n) is 7.90. The van der Waals surface area contributed by atoms with Gasteiger partial charge < -0.3 is 19.1 Å². The van der Waals surface area contributed by atoms with E-state index in [1.807, 2.05) is 18.2 Å². The van der Waals surface area contributed by atoms with E-state index in [0.717, 1.165) is 49.4 Å². The lowest BCUT2D eigenvalue weighted by Crippen LogP contribution is -2.49. The van der Waals surface area contributed by atoms with Crippen LogP contribution in [-0.4, -0.2) is 65.6 Å². The van der Waals surface area contributed by atoms with Crippen LogP contribution in [0.5, 0.6) is 5.75 Å². The highest BCUT2D eigenvalue weighted by Gasteiger charge is 2.44. The summed E-state index contributed by atoms with van der Waals surface area (Å²) in [4.78, 5) is 28.2. The molecule has 2 bridgehead atoms. The zero-order chi connectivity index (χ0) is 32.6. The molecule has 0 unspecified atom stereocenters. The van der Waals surface area contributed by atoms with Crippen molar-refractivity contribution in [3.63, 3.8) is 0 Å². The van der Waals surface area contributed by atoms with Gasteiger partial charge in [0.05, 0.1) is 37.2 Å². The van der Waals surface area contributed by atoms with Crippen LogP contribution in [0.4, 0.5) is 5.69 Å². The number of allylic oxidation sites excluding steroid dienone is 1. The molecule has 0 saturated heterocycles.